The molecule has 1 amide bonds. The highest BCUT2D eigenvalue weighted by Crippen LogP contribution is 2.18. The van der Waals surface area contributed by atoms with Crippen molar-refractivity contribution < 1.29 is 14.6 Å². The number of ether oxygens (including phenoxy) is 1. The van der Waals surface area contributed by atoms with Gasteiger partial charge in [-0.3, -0.25) is 4.79 Å². The fraction of sp³-hybridized carbons (Fsp3) is 0.188. The first-order chi connectivity index (χ1) is 9.72. The number of para-hydroxylation sites is 1. The predicted octanol–water partition coefficient (Wildman–Crippen LogP) is 2.37. The number of carbonyl (C=O) groups excluding carboxylic acids is 1. The average Bonchev–Trinajstić information content (AvgIpc) is 2.48. The highest BCUT2D eigenvalue weighted by molar-refractivity contribution is 5.92. The van der Waals surface area contributed by atoms with Crippen LogP contribution in [0.5, 0.6) is 5.75 Å². The number of hydrogen-bond donors (Lipinski definition) is 2. The van der Waals surface area contributed by atoms with Gasteiger partial charge in [0.1, 0.15) is 5.75 Å². The van der Waals surface area contributed by atoms with Gasteiger partial charge in [0, 0.05) is 11.3 Å². The lowest BCUT2D eigenvalue weighted by atomic mass is 10.1. The Labute approximate surface area is 118 Å². The monoisotopic (exact) mass is 271 g/mol. The second-order valence-corrected chi connectivity index (χ2v) is 4.40. The molecule has 0 bridgehead atoms. The summed E-state index contributed by atoms with van der Waals surface area (Å²) in [6, 6.07) is 14.6. The Hall–Kier alpha value is -2.33. The number of rotatable bonds is 5. The van der Waals surface area contributed by atoms with Crippen LogP contribution >= 0.6 is 0 Å². The van der Waals surface area contributed by atoms with E-state index in [4.69, 9.17) is 9.84 Å². The molecule has 0 aliphatic carbocycles. The molecule has 0 saturated carbocycles. The van der Waals surface area contributed by atoms with E-state index in [2.05, 4.69) is 5.32 Å². The van der Waals surface area contributed by atoms with Crippen molar-refractivity contribution in [1.29, 1.82) is 0 Å². The third-order valence-electron chi connectivity index (χ3n) is 2.94. The van der Waals surface area contributed by atoms with Gasteiger partial charge in [0.05, 0.1) is 20.1 Å². The molecule has 0 radical (unpaired) electrons. The second kappa shape index (κ2) is 6.73. The normalized spacial score (nSPS) is 10.1. The zero-order valence-electron chi connectivity index (χ0n) is 11.3. The van der Waals surface area contributed by atoms with Crippen molar-refractivity contribution in [2.75, 3.05) is 12.4 Å². The Morgan fingerprint density at radius 2 is 2.00 bits per heavy atom. The molecule has 0 spiro atoms. The molecule has 2 rings (SSSR count). The Kier molecular flexibility index (Phi) is 4.74. The number of anilines is 1. The number of hydrogen-bond acceptors (Lipinski definition) is 3. The highest BCUT2D eigenvalue weighted by Gasteiger charge is 2.08. The zero-order chi connectivity index (χ0) is 14.4. The summed E-state index contributed by atoms with van der Waals surface area (Å²) in [6.45, 7) is -0.0454. The van der Waals surface area contributed by atoms with Crippen LogP contribution in [-0.2, 0) is 17.8 Å². The summed E-state index contributed by atoms with van der Waals surface area (Å²) in [7, 11) is 1.58. The third-order valence-corrected chi connectivity index (χ3v) is 2.94. The summed E-state index contributed by atoms with van der Waals surface area (Å²) in [4.78, 5) is 12.0. The van der Waals surface area contributed by atoms with Crippen LogP contribution in [0.4, 0.5) is 5.69 Å². The first-order valence-electron chi connectivity index (χ1n) is 6.34. The molecular weight excluding hydrogens is 254 g/mol. The first kappa shape index (κ1) is 14.1. The Bertz CT molecular complexity index is 596. The maximum absolute atomic E-state index is 12.0. The van der Waals surface area contributed by atoms with Gasteiger partial charge in [0.2, 0.25) is 5.91 Å². The molecule has 0 saturated heterocycles. The van der Waals surface area contributed by atoms with Gasteiger partial charge in [-0.25, -0.2) is 0 Å². The lowest BCUT2D eigenvalue weighted by molar-refractivity contribution is -0.115. The smallest absolute Gasteiger partial charge is 0.228 e. The highest BCUT2D eigenvalue weighted by atomic mass is 16.5. The summed E-state index contributed by atoms with van der Waals surface area (Å²) in [5, 5.41) is 11.9. The van der Waals surface area contributed by atoms with Gasteiger partial charge in [-0.05, 0) is 23.8 Å². The number of nitrogens with one attached hydrogen (secondary N) is 1. The average molecular weight is 271 g/mol. The fourth-order valence-electron chi connectivity index (χ4n) is 1.97. The van der Waals surface area contributed by atoms with Crippen molar-refractivity contribution in [3.63, 3.8) is 0 Å². The molecule has 0 aromatic heterocycles. The fourth-order valence-corrected chi connectivity index (χ4v) is 1.97. The summed E-state index contributed by atoms with van der Waals surface area (Å²) in [5.41, 5.74) is 2.28. The minimum absolute atomic E-state index is 0.0454. The maximum atomic E-state index is 12.0. The molecule has 2 N–H and O–H groups in total. The van der Waals surface area contributed by atoms with Crippen LogP contribution in [-0.4, -0.2) is 18.1 Å². The number of carbonyl (C=O) groups is 1. The lowest BCUT2D eigenvalue weighted by Crippen LogP contribution is -2.15. The zero-order valence-corrected chi connectivity index (χ0v) is 11.3. The number of amides is 1. The third kappa shape index (κ3) is 3.59. The predicted molar refractivity (Wildman–Crippen MR) is 77.7 cm³/mol. The molecular formula is C16H17NO3. The van der Waals surface area contributed by atoms with Crippen LogP contribution in [0.1, 0.15) is 11.1 Å². The molecule has 20 heavy (non-hydrogen) atoms. The van der Waals surface area contributed by atoms with Crippen molar-refractivity contribution in [2.45, 2.75) is 13.0 Å². The van der Waals surface area contributed by atoms with E-state index in [1.807, 2.05) is 24.3 Å². The Balaban J connectivity index is 2.05. The van der Waals surface area contributed by atoms with Gasteiger partial charge in [-0.15, -0.1) is 0 Å². The topological polar surface area (TPSA) is 58.6 Å². The van der Waals surface area contributed by atoms with E-state index < -0.39 is 0 Å². The number of benzene rings is 2. The van der Waals surface area contributed by atoms with Gasteiger partial charge in [0.25, 0.3) is 0 Å². The van der Waals surface area contributed by atoms with E-state index in [9.17, 15) is 4.79 Å². The largest absolute Gasteiger partial charge is 0.496 e. The van der Waals surface area contributed by atoms with Crippen molar-refractivity contribution in [3.05, 3.63) is 59.7 Å². The van der Waals surface area contributed by atoms with Crippen molar-refractivity contribution in [1.82, 2.24) is 0 Å². The molecule has 2 aromatic rings. The number of aliphatic hydroxyl groups is 1. The first-order valence-corrected chi connectivity index (χ1v) is 6.34. The van der Waals surface area contributed by atoms with E-state index in [1.54, 1.807) is 31.4 Å². The van der Waals surface area contributed by atoms with E-state index in [-0.39, 0.29) is 18.9 Å². The van der Waals surface area contributed by atoms with Crippen molar-refractivity contribution in [2.24, 2.45) is 0 Å². The summed E-state index contributed by atoms with van der Waals surface area (Å²) >= 11 is 0. The molecule has 104 valence electrons. The number of methoxy groups -OCH3 is 1. The maximum Gasteiger partial charge on any atom is 0.228 e. The SMILES string of the molecule is COc1ccccc1CC(=O)Nc1cccc(CO)c1. The van der Waals surface area contributed by atoms with Crippen molar-refractivity contribution >= 4 is 11.6 Å². The second-order valence-electron chi connectivity index (χ2n) is 4.40. The molecule has 2 aromatic carbocycles. The van der Waals surface area contributed by atoms with Crippen LogP contribution in [0.2, 0.25) is 0 Å². The van der Waals surface area contributed by atoms with E-state index in [1.165, 1.54) is 0 Å². The van der Waals surface area contributed by atoms with Crippen LogP contribution in [0.3, 0.4) is 0 Å². The van der Waals surface area contributed by atoms with Crippen LogP contribution < -0.4 is 10.1 Å². The van der Waals surface area contributed by atoms with E-state index in [0.717, 1.165) is 11.1 Å². The van der Waals surface area contributed by atoms with Crippen LogP contribution in [0, 0.1) is 0 Å². The minimum Gasteiger partial charge on any atom is -0.496 e. The van der Waals surface area contributed by atoms with Crippen LogP contribution in [0.15, 0.2) is 48.5 Å². The molecule has 0 unspecified atom stereocenters. The van der Waals surface area contributed by atoms with Gasteiger partial charge >= 0.3 is 0 Å². The molecule has 0 aliphatic heterocycles. The lowest BCUT2D eigenvalue weighted by Gasteiger charge is -2.09. The summed E-state index contributed by atoms with van der Waals surface area (Å²) in [5.74, 6) is 0.580. The molecule has 0 atom stereocenters. The molecule has 4 heteroatoms. The Morgan fingerprint density at radius 1 is 1.20 bits per heavy atom. The summed E-state index contributed by atoms with van der Waals surface area (Å²) in [6.07, 6.45) is 0.243. The van der Waals surface area contributed by atoms with Crippen LogP contribution in [0.25, 0.3) is 0 Å². The number of aliphatic hydroxyl groups excluding tert-OH is 1. The van der Waals surface area contributed by atoms with Gasteiger partial charge in [-0.1, -0.05) is 30.3 Å². The van der Waals surface area contributed by atoms with Gasteiger partial charge in [0.15, 0.2) is 0 Å². The summed E-state index contributed by atoms with van der Waals surface area (Å²) < 4.78 is 5.22. The van der Waals surface area contributed by atoms with Gasteiger partial charge in [-0.2, -0.15) is 0 Å². The van der Waals surface area contributed by atoms with Crippen molar-refractivity contribution in [3.8, 4) is 5.75 Å². The Morgan fingerprint density at radius 3 is 2.75 bits per heavy atom. The van der Waals surface area contributed by atoms with Gasteiger partial charge < -0.3 is 15.2 Å². The van der Waals surface area contributed by atoms with E-state index >= 15 is 0 Å². The molecule has 0 aliphatic rings. The minimum atomic E-state index is -0.121. The van der Waals surface area contributed by atoms with E-state index in [0.29, 0.717) is 11.4 Å². The quantitative estimate of drug-likeness (QED) is 0.877. The standard InChI is InChI=1S/C16H17NO3/c1-20-15-8-3-2-6-13(15)10-16(19)17-14-7-4-5-12(9-14)11-18/h2-9,18H,10-11H2,1H3,(H,17,19). The molecule has 0 fully saturated rings. The molecule has 4 nitrogen and oxygen atoms in total. The molecule has 0 heterocycles.